The van der Waals surface area contributed by atoms with Crippen LogP contribution in [-0.2, 0) is 69.6 Å². The molecule has 23 heteroatoms. The molecule has 0 saturated carbocycles. The summed E-state index contributed by atoms with van der Waals surface area (Å²) in [6.07, 6.45) is 7.69. The Labute approximate surface area is 483 Å². The van der Waals surface area contributed by atoms with Crippen LogP contribution in [0.3, 0.4) is 0 Å². The van der Waals surface area contributed by atoms with Gasteiger partial charge in [0.05, 0.1) is 43.1 Å². The van der Waals surface area contributed by atoms with Crippen LogP contribution in [-0.4, -0.2) is 127 Å². The number of benzene rings is 4. The Morgan fingerprint density at radius 1 is 0.878 bits per heavy atom. The highest BCUT2D eigenvalue weighted by atomic mass is 33.1. The molecule has 20 nitrogen and oxygen atoms in total. The number of aliphatic imine (C=N–C) groups is 1. The fraction of sp³-hybridized carbons (Fsp3) is 0.373. The van der Waals surface area contributed by atoms with Crippen molar-refractivity contribution in [1.29, 1.82) is 0 Å². The smallest absolute Gasteiger partial charge is 0.276 e. The summed E-state index contributed by atoms with van der Waals surface area (Å²) in [6, 6.07) is 24.5. The van der Waals surface area contributed by atoms with Gasteiger partial charge in [-0.15, -0.1) is 0 Å². The lowest BCUT2D eigenvalue weighted by molar-refractivity contribution is -0.137. The van der Waals surface area contributed by atoms with Gasteiger partial charge in [-0.1, -0.05) is 58.0 Å². The van der Waals surface area contributed by atoms with Crippen molar-refractivity contribution in [2.24, 2.45) is 4.99 Å². The second-order valence-electron chi connectivity index (χ2n) is 21.5. The minimum Gasteiger partial charge on any atom is -0.493 e. The van der Waals surface area contributed by atoms with Gasteiger partial charge in [-0.25, -0.2) is 0 Å². The van der Waals surface area contributed by atoms with Crippen LogP contribution in [0.25, 0.3) is 0 Å². The molecule has 0 spiro atoms. The number of imide groups is 1. The highest BCUT2D eigenvalue weighted by molar-refractivity contribution is 8.77. The molecule has 0 aromatic heterocycles. The van der Waals surface area contributed by atoms with Crippen molar-refractivity contribution < 1.29 is 60.7 Å². The normalized spacial score (nSPS) is 20.1. The predicted octanol–water partition coefficient (Wildman–Crippen LogP) is 7.34. The maximum absolute atomic E-state index is 14.4. The first-order chi connectivity index (χ1) is 39.2. The van der Waals surface area contributed by atoms with E-state index in [1.54, 1.807) is 24.3 Å². The van der Waals surface area contributed by atoms with Crippen molar-refractivity contribution in [3.8, 4) is 11.5 Å². The van der Waals surface area contributed by atoms with Crippen LogP contribution in [0.2, 0.25) is 0 Å². The second kappa shape index (κ2) is 23.7. The van der Waals surface area contributed by atoms with Gasteiger partial charge in [0.25, 0.3) is 33.7 Å². The molecule has 10 rings (SSSR count). The molecule has 5 heterocycles. The highest BCUT2D eigenvalue weighted by Gasteiger charge is 2.47. The molecule has 0 bridgehead atoms. The highest BCUT2D eigenvalue weighted by Crippen LogP contribution is 2.45. The number of fused-ring (bicyclic) bond motifs is 8. The molecule has 0 saturated heterocycles. The van der Waals surface area contributed by atoms with E-state index in [1.165, 1.54) is 35.8 Å². The lowest BCUT2D eigenvalue weighted by atomic mass is 9.83. The Morgan fingerprint density at radius 2 is 1.56 bits per heavy atom. The van der Waals surface area contributed by atoms with Crippen LogP contribution < -0.4 is 35.2 Å². The number of nitrogens with one attached hydrogen (secondary N) is 3. The molecule has 4 aromatic rings. The van der Waals surface area contributed by atoms with Crippen molar-refractivity contribution in [2.75, 3.05) is 60.0 Å². The zero-order chi connectivity index (χ0) is 58.1. The molecule has 6 aliphatic rings. The zero-order valence-electron chi connectivity index (χ0n) is 45.9. The van der Waals surface area contributed by atoms with Gasteiger partial charge in [-0.05, 0) is 105 Å². The number of amides is 6. The number of nitrogens with zero attached hydrogens (tertiary/aromatic N) is 4. The van der Waals surface area contributed by atoms with Crippen LogP contribution in [0.5, 0.6) is 11.5 Å². The molecular formula is C59H63N7O13S3. The molecule has 82 heavy (non-hydrogen) atoms. The topological polar surface area (TPSA) is 252 Å². The number of para-hydroxylation sites is 2. The summed E-state index contributed by atoms with van der Waals surface area (Å²) in [5, 5.41) is 7.15. The third-order valence-corrected chi connectivity index (χ3v) is 19.8. The van der Waals surface area contributed by atoms with Crippen molar-refractivity contribution in [1.82, 2.24) is 10.2 Å². The molecule has 2 unspecified atom stereocenters. The Morgan fingerprint density at radius 3 is 2.26 bits per heavy atom. The Hall–Kier alpha value is -7.60. The molecular weight excluding hydrogens is 1110 g/mol. The first kappa shape index (κ1) is 57.6. The number of rotatable bonds is 22. The summed E-state index contributed by atoms with van der Waals surface area (Å²) in [7, 11) is 0.948. The van der Waals surface area contributed by atoms with E-state index in [0.29, 0.717) is 76.0 Å². The third kappa shape index (κ3) is 12.3. The number of hydrogen-bond acceptors (Lipinski definition) is 16. The number of allylic oxidation sites excluding steroid dienone is 1. The molecule has 6 amide bonds. The van der Waals surface area contributed by atoms with Crippen LogP contribution in [0, 0.1) is 0 Å². The maximum atomic E-state index is 14.4. The molecule has 4 N–H and O–H groups in total. The van der Waals surface area contributed by atoms with Crippen LogP contribution >= 0.6 is 21.6 Å². The first-order valence-corrected chi connectivity index (χ1v) is 30.6. The van der Waals surface area contributed by atoms with Crippen molar-refractivity contribution in [2.45, 2.75) is 100 Å². The van der Waals surface area contributed by atoms with Gasteiger partial charge in [0.1, 0.15) is 19.0 Å². The molecule has 430 valence electrons. The summed E-state index contributed by atoms with van der Waals surface area (Å²) >= 11 is 0. The van der Waals surface area contributed by atoms with E-state index in [9.17, 15) is 41.7 Å². The van der Waals surface area contributed by atoms with Gasteiger partial charge < -0.3 is 39.8 Å². The van der Waals surface area contributed by atoms with Gasteiger partial charge in [0.2, 0.25) is 11.8 Å². The van der Waals surface area contributed by atoms with E-state index in [2.05, 4.69) is 16.0 Å². The number of ether oxygens (including phenoxy) is 4. The Balaban J connectivity index is 0.825. The quantitative estimate of drug-likeness (QED) is 0.0260. The summed E-state index contributed by atoms with van der Waals surface area (Å²) in [5.41, 5.74) is 6.38. The second-order valence-corrected chi connectivity index (χ2v) is 26.2. The van der Waals surface area contributed by atoms with E-state index in [4.69, 9.17) is 23.9 Å². The number of methoxy groups -OCH3 is 2. The van der Waals surface area contributed by atoms with E-state index in [-0.39, 0.29) is 81.1 Å². The molecule has 0 radical (unpaired) electrons. The number of carbonyl (C=O) groups is 6. The summed E-state index contributed by atoms with van der Waals surface area (Å²) in [5.74, 6) is -0.823. The lowest BCUT2D eigenvalue weighted by Crippen LogP contribution is -2.44. The van der Waals surface area contributed by atoms with Gasteiger partial charge >= 0.3 is 0 Å². The number of carbonyl (C=O) groups excluding carboxylic acids is 6. The van der Waals surface area contributed by atoms with Gasteiger partial charge in [0.15, 0.2) is 22.5 Å². The van der Waals surface area contributed by atoms with Crippen LogP contribution in [0.1, 0.15) is 79.1 Å². The molecule has 0 fully saturated rings. The summed E-state index contributed by atoms with van der Waals surface area (Å²) < 4.78 is 58.6. The molecule has 5 aliphatic heterocycles. The number of hydrogen-bond donors (Lipinski definition) is 4. The third-order valence-electron chi connectivity index (χ3n) is 15.2. The fourth-order valence-electron chi connectivity index (χ4n) is 11.0. The average Bonchev–Trinajstić information content (AvgIpc) is 2.95. The van der Waals surface area contributed by atoms with Crippen molar-refractivity contribution >= 4 is 96.1 Å². The minimum absolute atomic E-state index is 0.0229. The summed E-state index contributed by atoms with van der Waals surface area (Å²) in [4.78, 5) is 88.5. The van der Waals surface area contributed by atoms with Gasteiger partial charge in [-0.3, -0.25) is 48.1 Å². The summed E-state index contributed by atoms with van der Waals surface area (Å²) in [6.45, 7) is 6.01. The largest absolute Gasteiger partial charge is 0.493 e. The van der Waals surface area contributed by atoms with E-state index >= 15 is 0 Å². The average molecular weight is 1170 g/mol. The van der Waals surface area contributed by atoms with Crippen LogP contribution in [0.4, 0.5) is 22.7 Å². The molecule has 1 aliphatic carbocycles. The van der Waals surface area contributed by atoms with Crippen molar-refractivity contribution in [3.63, 3.8) is 0 Å². The maximum Gasteiger partial charge on any atom is 0.276 e. The van der Waals surface area contributed by atoms with E-state index < -0.39 is 43.4 Å². The van der Waals surface area contributed by atoms with Gasteiger partial charge in [-0.2, -0.15) is 8.42 Å². The number of anilines is 4. The Bertz CT molecular complexity index is 3490. The standard InChI is InChI=1S/C59H63N7O13S3/c1-58(2,81-80-21-17-51(82(73,74)75)55(70)60-19-20-64-53(68)14-15-54(64)69)18-16-52(67)63-39-23-35(33-78-49-29-44-42(27-47(49)76-4)56(71)65-40(31-61-44)25-37-10-6-8-12-45(37)65)22-36(24-39)34-79-50-30-59(3)43(28-48(50)77-5)57(72)66-41(32-62-59)26-38-11-7-9-13-46(38)66/h6-15,22-24,27-29,32,40-41,51,61H,16-21,25-26,30-31,33-34H2,1-5H3,(H,60,70)(H,63,67)(H,73,74,75)/t40-,41-,51?,59?/m0/s1. The molecule has 4 atom stereocenters. The van der Waals surface area contributed by atoms with E-state index in [0.717, 1.165) is 46.0 Å². The molecule has 4 aromatic carbocycles. The van der Waals surface area contributed by atoms with Crippen LogP contribution in [0.15, 0.2) is 119 Å². The lowest BCUT2D eigenvalue weighted by Gasteiger charge is -2.33. The SMILES string of the molecule is COC1=C(OCc2cc(COc3cc4c(cc3OC)C(=O)N3c5ccccc5C[C@H]3CN4)cc(NC(=O)CCC(C)(C)SSCCC(C(=O)NCCN3C(=O)C=CC3=O)S(=O)(=O)O)c2)CC2(C)N=C[C@@H]3Cc4ccccc4N3C(=O)C2=C1. The van der Waals surface area contributed by atoms with E-state index in [1.807, 2.05) is 97.4 Å². The monoisotopic (exact) mass is 1170 g/mol. The Kier molecular flexibility index (Phi) is 16.7. The predicted molar refractivity (Wildman–Crippen MR) is 314 cm³/mol. The minimum atomic E-state index is -4.79. The zero-order valence-corrected chi connectivity index (χ0v) is 48.3. The first-order valence-electron chi connectivity index (χ1n) is 26.8. The fourth-order valence-corrected chi connectivity index (χ4v) is 14.6. The van der Waals surface area contributed by atoms with Gasteiger partial charge in [0, 0.05) is 96.5 Å². The van der Waals surface area contributed by atoms with Crippen molar-refractivity contribution in [3.05, 3.63) is 142 Å².